The van der Waals surface area contributed by atoms with E-state index in [0.717, 1.165) is 22.2 Å². The maximum atomic E-state index is 12.4. The minimum atomic E-state index is -1.25. The van der Waals surface area contributed by atoms with E-state index < -0.39 is 23.3 Å². The van der Waals surface area contributed by atoms with Gasteiger partial charge in [-0.1, -0.05) is 42.1 Å². The van der Waals surface area contributed by atoms with E-state index >= 15 is 0 Å². The minimum absolute atomic E-state index is 0.148. The predicted molar refractivity (Wildman–Crippen MR) is 98.1 cm³/mol. The Kier molecular flexibility index (Phi) is 5.38. The number of hydrogen-bond acceptors (Lipinski definition) is 6. The first-order chi connectivity index (χ1) is 12.4. The van der Waals surface area contributed by atoms with E-state index in [1.165, 1.54) is 18.7 Å². The molecule has 0 bridgehead atoms. The maximum absolute atomic E-state index is 12.4. The standard InChI is InChI=1S/C17H16N2O5S2/c1-9(20)26-11-8-25-16-13(15(22)19(16)14(11)17(23)24)18-12(21)7-10-5-3-2-4-6-10/h2-6,13,16H,7-8H2,1H3,(H,18,21)(H,23,24)/t13?,16-/m0/s1. The summed E-state index contributed by atoms with van der Waals surface area (Å²) in [5.74, 6) is -1.70. The zero-order valence-electron chi connectivity index (χ0n) is 13.8. The van der Waals surface area contributed by atoms with Crippen LogP contribution in [0.2, 0.25) is 0 Å². The van der Waals surface area contributed by atoms with Crippen LogP contribution >= 0.6 is 23.5 Å². The molecule has 2 atom stereocenters. The average molecular weight is 392 g/mol. The van der Waals surface area contributed by atoms with Gasteiger partial charge in [0.25, 0.3) is 5.91 Å². The number of fused-ring (bicyclic) bond motifs is 1. The number of carboxylic acids is 1. The third-order valence-corrected chi connectivity index (χ3v) is 6.26. The SMILES string of the molecule is CC(=O)SC1=C(C(=O)O)N2C(=O)C(NC(=O)Cc3ccccc3)[C@@H]2SC1. The first-order valence-electron chi connectivity index (χ1n) is 7.81. The lowest BCUT2D eigenvalue weighted by Gasteiger charge is -2.49. The van der Waals surface area contributed by atoms with Crippen LogP contribution in [0.3, 0.4) is 0 Å². The molecule has 1 unspecified atom stereocenters. The van der Waals surface area contributed by atoms with Gasteiger partial charge in [0.15, 0.2) is 5.12 Å². The molecule has 0 aromatic heterocycles. The van der Waals surface area contributed by atoms with E-state index in [4.69, 9.17) is 0 Å². The Morgan fingerprint density at radius 1 is 1.31 bits per heavy atom. The third-order valence-electron chi connectivity index (χ3n) is 3.93. The van der Waals surface area contributed by atoms with Crippen LogP contribution in [-0.2, 0) is 25.6 Å². The summed E-state index contributed by atoms with van der Waals surface area (Å²) in [6, 6.07) is 8.39. The number of nitrogens with zero attached hydrogens (tertiary/aromatic N) is 1. The van der Waals surface area contributed by atoms with Gasteiger partial charge in [-0.15, -0.1) is 11.8 Å². The van der Waals surface area contributed by atoms with Crippen LogP contribution in [0.4, 0.5) is 0 Å². The Morgan fingerprint density at radius 3 is 2.62 bits per heavy atom. The highest BCUT2D eigenvalue weighted by Crippen LogP contribution is 2.43. The number of carbonyl (C=O) groups excluding carboxylic acids is 3. The van der Waals surface area contributed by atoms with Crippen LogP contribution in [-0.4, -0.2) is 50.1 Å². The van der Waals surface area contributed by atoms with Crippen LogP contribution in [0.1, 0.15) is 12.5 Å². The van der Waals surface area contributed by atoms with Gasteiger partial charge in [0.2, 0.25) is 5.91 Å². The molecule has 0 radical (unpaired) electrons. The molecule has 1 saturated heterocycles. The van der Waals surface area contributed by atoms with Crippen molar-refractivity contribution in [3.8, 4) is 0 Å². The van der Waals surface area contributed by atoms with Gasteiger partial charge >= 0.3 is 5.97 Å². The van der Waals surface area contributed by atoms with Crippen molar-refractivity contribution < 1.29 is 24.3 Å². The van der Waals surface area contributed by atoms with Crippen molar-refractivity contribution in [1.82, 2.24) is 10.2 Å². The number of aliphatic carboxylic acids is 1. The van der Waals surface area contributed by atoms with E-state index in [0.29, 0.717) is 10.7 Å². The van der Waals surface area contributed by atoms with Crippen molar-refractivity contribution in [2.45, 2.75) is 24.8 Å². The molecule has 3 rings (SSSR count). The van der Waals surface area contributed by atoms with Crippen molar-refractivity contribution >= 4 is 46.4 Å². The summed E-state index contributed by atoms with van der Waals surface area (Å²) in [5.41, 5.74) is 0.670. The number of nitrogens with one attached hydrogen (secondary N) is 1. The average Bonchev–Trinajstić information content (AvgIpc) is 2.59. The van der Waals surface area contributed by atoms with Crippen molar-refractivity contribution in [3.05, 3.63) is 46.5 Å². The number of rotatable bonds is 5. The molecular formula is C17H16N2O5S2. The minimum Gasteiger partial charge on any atom is -0.477 e. The molecule has 2 heterocycles. The fourth-order valence-electron chi connectivity index (χ4n) is 2.85. The molecule has 0 spiro atoms. The van der Waals surface area contributed by atoms with Gasteiger partial charge in [0, 0.05) is 17.6 Å². The number of carbonyl (C=O) groups is 4. The molecule has 1 fully saturated rings. The molecule has 1 aromatic rings. The monoisotopic (exact) mass is 392 g/mol. The number of benzene rings is 1. The zero-order valence-corrected chi connectivity index (χ0v) is 15.4. The first kappa shape index (κ1) is 18.5. The van der Waals surface area contributed by atoms with Crippen LogP contribution in [0.5, 0.6) is 0 Å². The quantitative estimate of drug-likeness (QED) is 0.726. The topological polar surface area (TPSA) is 104 Å². The van der Waals surface area contributed by atoms with E-state index in [-0.39, 0.29) is 23.1 Å². The van der Waals surface area contributed by atoms with Gasteiger partial charge in [-0.05, 0) is 5.56 Å². The normalized spacial score (nSPS) is 21.7. The first-order valence-corrected chi connectivity index (χ1v) is 9.68. The largest absolute Gasteiger partial charge is 0.477 e. The fraction of sp³-hybridized carbons (Fsp3) is 0.294. The van der Waals surface area contributed by atoms with Crippen molar-refractivity contribution in [1.29, 1.82) is 0 Å². The Labute approximate surface area is 158 Å². The second-order valence-electron chi connectivity index (χ2n) is 5.79. The van der Waals surface area contributed by atoms with Crippen LogP contribution in [0, 0.1) is 0 Å². The summed E-state index contributed by atoms with van der Waals surface area (Å²) >= 11 is 2.17. The Bertz CT molecular complexity index is 809. The van der Waals surface area contributed by atoms with Crippen molar-refractivity contribution in [2.75, 3.05) is 5.75 Å². The van der Waals surface area contributed by atoms with Gasteiger partial charge in [0.1, 0.15) is 17.1 Å². The molecule has 26 heavy (non-hydrogen) atoms. The molecule has 1 aromatic carbocycles. The Morgan fingerprint density at radius 2 is 2.00 bits per heavy atom. The number of amides is 2. The molecule has 136 valence electrons. The molecule has 0 aliphatic carbocycles. The summed E-state index contributed by atoms with van der Waals surface area (Å²) in [5, 5.41) is 11.4. The number of carboxylic acid groups (broad SMARTS) is 1. The smallest absolute Gasteiger partial charge is 0.353 e. The van der Waals surface area contributed by atoms with Crippen molar-refractivity contribution in [3.63, 3.8) is 0 Å². The molecule has 7 nitrogen and oxygen atoms in total. The van der Waals surface area contributed by atoms with E-state index in [9.17, 15) is 24.3 Å². The second kappa shape index (κ2) is 7.55. The van der Waals surface area contributed by atoms with E-state index in [1.807, 2.05) is 30.3 Å². The van der Waals surface area contributed by atoms with Gasteiger partial charge in [-0.3, -0.25) is 19.3 Å². The Hall–Kier alpha value is -2.26. The van der Waals surface area contributed by atoms with Gasteiger partial charge < -0.3 is 10.4 Å². The molecule has 2 aliphatic rings. The summed E-state index contributed by atoms with van der Waals surface area (Å²) in [7, 11) is 0. The highest BCUT2D eigenvalue weighted by Gasteiger charge is 2.54. The zero-order chi connectivity index (χ0) is 18.8. The maximum Gasteiger partial charge on any atom is 0.353 e. The van der Waals surface area contributed by atoms with Crippen LogP contribution in [0.15, 0.2) is 40.9 Å². The van der Waals surface area contributed by atoms with Crippen molar-refractivity contribution in [2.24, 2.45) is 0 Å². The van der Waals surface area contributed by atoms with Crippen LogP contribution in [0.25, 0.3) is 0 Å². The van der Waals surface area contributed by atoms with Crippen LogP contribution < -0.4 is 5.32 Å². The lowest BCUT2D eigenvalue weighted by molar-refractivity contribution is -0.150. The van der Waals surface area contributed by atoms with Gasteiger partial charge in [-0.2, -0.15) is 0 Å². The second-order valence-corrected chi connectivity index (χ2v) is 8.16. The van der Waals surface area contributed by atoms with Gasteiger partial charge in [0.05, 0.1) is 6.42 Å². The highest BCUT2D eigenvalue weighted by molar-refractivity contribution is 8.17. The molecule has 2 amide bonds. The number of thioether (sulfide) groups is 2. The third kappa shape index (κ3) is 3.63. The van der Waals surface area contributed by atoms with Gasteiger partial charge in [-0.25, -0.2) is 4.79 Å². The van der Waals surface area contributed by atoms with E-state index in [1.54, 1.807) is 0 Å². The fourth-order valence-corrected chi connectivity index (χ4v) is 5.11. The lowest BCUT2D eigenvalue weighted by atomic mass is 10.0. The van der Waals surface area contributed by atoms with E-state index in [2.05, 4.69) is 5.32 Å². The molecular weight excluding hydrogens is 376 g/mol. The highest BCUT2D eigenvalue weighted by atomic mass is 32.2. The molecule has 9 heteroatoms. The summed E-state index contributed by atoms with van der Waals surface area (Å²) in [6.45, 7) is 1.35. The predicted octanol–water partition coefficient (Wildman–Crippen LogP) is 1.20. The Balaban J connectivity index is 1.71. The number of β-lactam (4-membered cyclic amide) rings is 1. The summed E-state index contributed by atoms with van der Waals surface area (Å²) < 4.78 is 0. The molecule has 0 saturated carbocycles. The lowest BCUT2D eigenvalue weighted by Crippen LogP contribution is -2.70. The summed E-state index contributed by atoms with van der Waals surface area (Å²) in [6.07, 6.45) is 0.148. The molecule has 2 N–H and O–H groups in total. The summed E-state index contributed by atoms with van der Waals surface area (Å²) in [4.78, 5) is 49.0. The molecule has 2 aliphatic heterocycles. The number of hydrogen-bond donors (Lipinski definition) is 2.